The number of likely N-dealkylation sites (tertiary alicyclic amines) is 2. The molecular formula is C15H31N3. The summed E-state index contributed by atoms with van der Waals surface area (Å²) in [6.07, 6.45) is 2.65. The van der Waals surface area contributed by atoms with Crippen LogP contribution in [0, 0.1) is 11.8 Å². The zero-order valence-electron chi connectivity index (χ0n) is 12.8. The van der Waals surface area contributed by atoms with Crippen LogP contribution >= 0.6 is 0 Å². The molecule has 0 aromatic carbocycles. The molecule has 5 atom stereocenters. The summed E-state index contributed by atoms with van der Waals surface area (Å²) in [5, 5.41) is 3.49. The maximum Gasteiger partial charge on any atom is 0.0148 e. The van der Waals surface area contributed by atoms with Crippen LogP contribution in [0.15, 0.2) is 0 Å². The van der Waals surface area contributed by atoms with E-state index in [1.54, 1.807) is 0 Å². The molecule has 0 saturated carbocycles. The first kappa shape index (κ1) is 14.3. The molecule has 18 heavy (non-hydrogen) atoms. The third-order valence-electron chi connectivity index (χ3n) is 5.48. The Bertz CT molecular complexity index is 268. The molecule has 106 valence electrons. The van der Waals surface area contributed by atoms with Crippen LogP contribution in [-0.2, 0) is 0 Å². The van der Waals surface area contributed by atoms with Gasteiger partial charge in [-0.3, -0.25) is 4.90 Å². The van der Waals surface area contributed by atoms with Gasteiger partial charge in [-0.05, 0) is 52.2 Å². The minimum atomic E-state index is 0.706. The van der Waals surface area contributed by atoms with E-state index in [1.165, 1.54) is 32.5 Å². The summed E-state index contributed by atoms with van der Waals surface area (Å²) in [6.45, 7) is 11.1. The Kier molecular flexibility index (Phi) is 4.68. The molecule has 2 aliphatic rings. The lowest BCUT2D eigenvalue weighted by Gasteiger charge is -2.50. The van der Waals surface area contributed by atoms with Gasteiger partial charge < -0.3 is 10.2 Å². The lowest BCUT2D eigenvalue weighted by molar-refractivity contribution is -0.00125. The first-order chi connectivity index (χ1) is 8.54. The van der Waals surface area contributed by atoms with Crippen molar-refractivity contribution in [3.63, 3.8) is 0 Å². The fourth-order valence-electron chi connectivity index (χ4n) is 4.10. The highest BCUT2D eigenvalue weighted by atomic mass is 15.2. The number of nitrogens with one attached hydrogen (secondary N) is 1. The Morgan fingerprint density at radius 1 is 1.06 bits per heavy atom. The molecule has 2 rings (SSSR count). The van der Waals surface area contributed by atoms with Gasteiger partial charge in [0.2, 0.25) is 0 Å². The molecule has 1 N–H and O–H groups in total. The third-order valence-corrected chi connectivity index (χ3v) is 5.48. The van der Waals surface area contributed by atoms with E-state index in [4.69, 9.17) is 0 Å². The van der Waals surface area contributed by atoms with Gasteiger partial charge in [-0.1, -0.05) is 13.8 Å². The Morgan fingerprint density at radius 2 is 1.78 bits per heavy atom. The number of hydrogen-bond acceptors (Lipinski definition) is 3. The van der Waals surface area contributed by atoms with Gasteiger partial charge in [0.05, 0.1) is 0 Å². The topological polar surface area (TPSA) is 18.5 Å². The quantitative estimate of drug-likeness (QED) is 0.807. The van der Waals surface area contributed by atoms with E-state index in [-0.39, 0.29) is 0 Å². The minimum absolute atomic E-state index is 0.706. The van der Waals surface area contributed by atoms with Crippen molar-refractivity contribution in [1.82, 2.24) is 15.1 Å². The molecule has 2 fully saturated rings. The molecular weight excluding hydrogens is 222 g/mol. The Balaban J connectivity index is 2.01. The Labute approximate surface area is 113 Å². The molecule has 2 heterocycles. The summed E-state index contributed by atoms with van der Waals surface area (Å²) >= 11 is 0. The van der Waals surface area contributed by atoms with E-state index in [1.807, 2.05) is 0 Å². The van der Waals surface area contributed by atoms with Crippen molar-refractivity contribution >= 4 is 0 Å². The van der Waals surface area contributed by atoms with Crippen LogP contribution in [0.4, 0.5) is 0 Å². The van der Waals surface area contributed by atoms with E-state index in [2.05, 4.69) is 50.0 Å². The van der Waals surface area contributed by atoms with Crippen LogP contribution in [0.3, 0.4) is 0 Å². The second-order valence-electron chi connectivity index (χ2n) is 6.62. The van der Waals surface area contributed by atoms with Gasteiger partial charge in [0, 0.05) is 31.2 Å². The van der Waals surface area contributed by atoms with E-state index >= 15 is 0 Å². The number of rotatable bonds is 2. The predicted octanol–water partition coefficient (Wildman–Crippen LogP) is 1.64. The number of piperidine rings is 2. The maximum absolute atomic E-state index is 3.49. The molecule has 0 amide bonds. The lowest BCUT2D eigenvalue weighted by Crippen LogP contribution is -2.59. The van der Waals surface area contributed by atoms with E-state index in [0.29, 0.717) is 12.1 Å². The fourth-order valence-corrected chi connectivity index (χ4v) is 4.10. The van der Waals surface area contributed by atoms with Crippen molar-refractivity contribution in [1.29, 1.82) is 0 Å². The molecule has 3 nitrogen and oxygen atoms in total. The lowest BCUT2D eigenvalue weighted by atomic mass is 9.83. The number of hydrogen-bond donors (Lipinski definition) is 1. The normalized spacial score (nSPS) is 44.2. The van der Waals surface area contributed by atoms with Crippen LogP contribution in [0.2, 0.25) is 0 Å². The van der Waals surface area contributed by atoms with Gasteiger partial charge >= 0.3 is 0 Å². The predicted molar refractivity (Wildman–Crippen MR) is 77.9 cm³/mol. The van der Waals surface area contributed by atoms with Crippen molar-refractivity contribution in [2.24, 2.45) is 11.8 Å². The molecule has 2 aliphatic heterocycles. The van der Waals surface area contributed by atoms with E-state index < -0.39 is 0 Å². The van der Waals surface area contributed by atoms with Gasteiger partial charge in [-0.25, -0.2) is 0 Å². The summed E-state index contributed by atoms with van der Waals surface area (Å²) in [4.78, 5) is 5.28. The van der Waals surface area contributed by atoms with E-state index in [9.17, 15) is 0 Å². The van der Waals surface area contributed by atoms with Crippen molar-refractivity contribution in [3.8, 4) is 0 Å². The zero-order chi connectivity index (χ0) is 13.3. The molecule has 0 aliphatic carbocycles. The Hall–Kier alpha value is -0.120. The summed E-state index contributed by atoms with van der Waals surface area (Å²) < 4.78 is 0. The molecule has 0 radical (unpaired) electrons. The van der Waals surface area contributed by atoms with Crippen molar-refractivity contribution in [2.45, 2.75) is 51.7 Å². The third kappa shape index (κ3) is 2.73. The molecule has 0 aromatic rings. The fraction of sp³-hybridized carbons (Fsp3) is 1.00. The summed E-state index contributed by atoms with van der Waals surface area (Å²) in [5.41, 5.74) is 0. The van der Waals surface area contributed by atoms with Crippen molar-refractivity contribution < 1.29 is 0 Å². The molecule has 3 heteroatoms. The average Bonchev–Trinajstić information content (AvgIpc) is 2.34. The van der Waals surface area contributed by atoms with Crippen LogP contribution in [0.5, 0.6) is 0 Å². The van der Waals surface area contributed by atoms with Crippen LogP contribution in [-0.4, -0.2) is 61.7 Å². The van der Waals surface area contributed by atoms with Gasteiger partial charge in [0.15, 0.2) is 0 Å². The molecule has 0 bridgehead atoms. The highest BCUT2D eigenvalue weighted by Gasteiger charge is 2.38. The maximum atomic E-state index is 3.49. The van der Waals surface area contributed by atoms with Gasteiger partial charge in [0.1, 0.15) is 0 Å². The first-order valence-corrected chi connectivity index (χ1v) is 7.66. The first-order valence-electron chi connectivity index (χ1n) is 7.66. The monoisotopic (exact) mass is 253 g/mol. The smallest absolute Gasteiger partial charge is 0.0148 e. The molecule has 0 spiro atoms. The van der Waals surface area contributed by atoms with Crippen LogP contribution < -0.4 is 5.32 Å². The highest BCUT2D eigenvalue weighted by molar-refractivity contribution is 4.94. The van der Waals surface area contributed by atoms with Crippen LogP contribution in [0.1, 0.15) is 33.6 Å². The van der Waals surface area contributed by atoms with Gasteiger partial charge in [0.25, 0.3) is 0 Å². The highest BCUT2D eigenvalue weighted by Crippen LogP contribution is 2.30. The minimum Gasteiger partial charge on any atom is -0.317 e. The standard InChI is InChI=1S/C15H31N3/c1-11-10-17(5)8-7-15(11)18-9-6-14(16-4)12(2)13(18)3/h11-16H,6-10H2,1-5H3. The van der Waals surface area contributed by atoms with Crippen molar-refractivity contribution in [2.75, 3.05) is 33.7 Å². The van der Waals surface area contributed by atoms with Gasteiger partial charge in [-0.15, -0.1) is 0 Å². The summed E-state index contributed by atoms with van der Waals surface area (Å²) in [6, 6.07) is 2.22. The largest absolute Gasteiger partial charge is 0.317 e. The molecule has 2 saturated heterocycles. The zero-order valence-corrected chi connectivity index (χ0v) is 12.8. The summed E-state index contributed by atoms with van der Waals surface area (Å²) in [5.74, 6) is 1.57. The summed E-state index contributed by atoms with van der Waals surface area (Å²) in [7, 11) is 4.37. The Morgan fingerprint density at radius 3 is 2.39 bits per heavy atom. The van der Waals surface area contributed by atoms with Crippen molar-refractivity contribution in [3.05, 3.63) is 0 Å². The van der Waals surface area contributed by atoms with Crippen LogP contribution in [0.25, 0.3) is 0 Å². The van der Waals surface area contributed by atoms with Gasteiger partial charge in [-0.2, -0.15) is 0 Å². The molecule has 5 unspecified atom stereocenters. The average molecular weight is 253 g/mol. The number of nitrogens with zero attached hydrogens (tertiary/aromatic N) is 2. The second kappa shape index (κ2) is 5.89. The molecule has 0 aromatic heterocycles. The second-order valence-corrected chi connectivity index (χ2v) is 6.62. The SMILES string of the molecule is CNC1CCN(C2CCN(C)CC2C)C(C)C1C. The van der Waals surface area contributed by atoms with E-state index in [0.717, 1.165) is 17.9 Å².